The van der Waals surface area contributed by atoms with E-state index >= 15 is 0 Å². The van der Waals surface area contributed by atoms with Crippen LogP contribution in [-0.4, -0.2) is 84.2 Å². The number of esters is 1. The van der Waals surface area contributed by atoms with Crippen LogP contribution < -0.4 is 0 Å². The largest absolute Gasteiger partial charge is 0.507 e. The lowest BCUT2D eigenvalue weighted by Gasteiger charge is -2.29. The van der Waals surface area contributed by atoms with E-state index in [1.165, 1.54) is 42.3 Å². The Labute approximate surface area is 213 Å². The van der Waals surface area contributed by atoms with E-state index in [2.05, 4.69) is 4.90 Å². The number of phenols is 1. The molecule has 0 radical (unpaired) electrons. The number of ether oxygens (including phenoxy) is 2. The van der Waals surface area contributed by atoms with E-state index in [0.29, 0.717) is 30.8 Å². The Bertz CT molecular complexity index is 1190. The Hall–Kier alpha value is -3.40. The molecule has 2 aliphatic heterocycles. The first-order valence-corrected chi connectivity index (χ1v) is 11.9. The summed E-state index contributed by atoms with van der Waals surface area (Å²) in [4.78, 5) is 41.8. The van der Waals surface area contributed by atoms with E-state index in [-0.39, 0.29) is 28.5 Å². The highest BCUT2D eigenvalue weighted by atomic mass is 35.5. The summed E-state index contributed by atoms with van der Waals surface area (Å²) in [6.07, 6.45) is 0.603. The second-order valence-corrected chi connectivity index (χ2v) is 9.01. The van der Waals surface area contributed by atoms with Crippen molar-refractivity contribution >= 4 is 35.0 Å². The smallest absolute Gasteiger partial charge is 0.337 e. The van der Waals surface area contributed by atoms with Gasteiger partial charge in [0.25, 0.3) is 11.7 Å². The molecule has 10 heteroatoms. The van der Waals surface area contributed by atoms with Gasteiger partial charge >= 0.3 is 5.97 Å². The van der Waals surface area contributed by atoms with Crippen molar-refractivity contribution in [1.82, 2.24) is 9.80 Å². The van der Waals surface area contributed by atoms with Gasteiger partial charge in [-0.1, -0.05) is 23.7 Å². The van der Waals surface area contributed by atoms with Crippen molar-refractivity contribution in [1.29, 1.82) is 0 Å². The van der Waals surface area contributed by atoms with E-state index in [0.717, 1.165) is 19.6 Å². The molecular formula is C26H27ClN2O7. The highest BCUT2D eigenvalue weighted by molar-refractivity contribution is 6.46. The number of carbonyl (C=O) groups is 3. The molecule has 2 aromatic carbocycles. The summed E-state index contributed by atoms with van der Waals surface area (Å²) in [5.41, 5.74) is 0.619. The molecule has 2 aromatic rings. The van der Waals surface area contributed by atoms with Crippen molar-refractivity contribution in [3.8, 4) is 5.75 Å². The van der Waals surface area contributed by atoms with Crippen LogP contribution in [0.2, 0.25) is 5.02 Å². The number of methoxy groups -OCH3 is 1. The van der Waals surface area contributed by atoms with Gasteiger partial charge in [0.1, 0.15) is 11.5 Å². The predicted octanol–water partition coefficient (Wildman–Crippen LogP) is 2.98. The van der Waals surface area contributed by atoms with Gasteiger partial charge < -0.3 is 24.6 Å². The van der Waals surface area contributed by atoms with Gasteiger partial charge in [-0.25, -0.2) is 4.79 Å². The topological polar surface area (TPSA) is 117 Å². The first-order valence-electron chi connectivity index (χ1n) is 11.6. The van der Waals surface area contributed by atoms with Gasteiger partial charge in [-0.2, -0.15) is 0 Å². The minimum absolute atomic E-state index is 0.0509. The standard InChI is InChI=1S/C26H27ClN2O7/c1-35-26(34)17-5-3-16(4-6-17)22-21(23(31)19-15-18(27)7-8-20(19)30)24(32)25(33)29(22)10-2-9-28-11-13-36-14-12-28/h3-8,15,22,30-31H,2,9-14H2,1H3. The number of aliphatic hydroxyl groups is 1. The molecule has 2 fully saturated rings. The van der Waals surface area contributed by atoms with E-state index in [4.69, 9.17) is 21.1 Å². The molecule has 9 nitrogen and oxygen atoms in total. The Morgan fingerprint density at radius 2 is 1.81 bits per heavy atom. The van der Waals surface area contributed by atoms with Gasteiger partial charge in [0.05, 0.1) is 43.1 Å². The van der Waals surface area contributed by atoms with Crippen LogP contribution in [0.3, 0.4) is 0 Å². The van der Waals surface area contributed by atoms with Crippen molar-refractivity contribution < 1.29 is 34.1 Å². The second-order valence-electron chi connectivity index (χ2n) is 8.58. The van der Waals surface area contributed by atoms with Crippen molar-refractivity contribution in [2.45, 2.75) is 12.5 Å². The zero-order chi connectivity index (χ0) is 25.8. The molecule has 2 N–H and O–H groups in total. The lowest BCUT2D eigenvalue weighted by molar-refractivity contribution is -0.140. The van der Waals surface area contributed by atoms with Crippen LogP contribution in [-0.2, 0) is 19.1 Å². The summed E-state index contributed by atoms with van der Waals surface area (Å²) in [5, 5.41) is 21.7. The summed E-state index contributed by atoms with van der Waals surface area (Å²) in [6, 6.07) is 9.45. The van der Waals surface area contributed by atoms with E-state index in [9.17, 15) is 24.6 Å². The van der Waals surface area contributed by atoms with Gasteiger partial charge in [0.2, 0.25) is 0 Å². The van der Waals surface area contributed by atoms with E-state index in [1.807, 2.05) is 0 Å². The highest BCUT2D eigenvalue weighted by Crippen LogP contribution is 2.41. The summed E-state index contributed by atoms with van der Waals surface area (Å²) in [6.45, 7) is 3.88. The molecule has 0 bridgehead atoms. The molecule has 0 aromatic heterocycles. The third-order valence-corrected chi connectivity index (χ3v) is 6.61. The number of nitrogens with zero attached hydrogens (tertiary/aromatic N) is 2. The highest BCUT2D eigenvalue weighted by Gasteiger charge is 2.46. The molecule has 1 amide bonds. The predicted molar refractivity (Wildman–Crippen MR) is 132 cm³/mol. The van der Waals surface area contributed by atoms with Crippen LogP contribution in [0.4, 0.5) is 0 Å². The normalized spacial score (nSPS) is 20.1. The van der Waals surface area contributed by atoms with Crippen molar-refractivity contribution in [2.75, 3.05) is 46.5 Å². The lowest BCUT2D eigenvalue weighted by atomic mass is 9.94. The van der Waals surface area contributed by atoms with Crippen molar-refractivity contribution in [3.05, 3.63) is 69.8 Å². The number of benzene rings is 2. The summed E-state index contributed by atoms with van der Waals surface area (Å²) >= 11 is 6.05. The van der Waals surface area contributed by atoms with Gasteiger partial charge in [0.15, 0.2) is 0 Å². The third kappa shape index (κ3) is 5.23. The number of morpholine rings is 1. The SMILES string of the molecule is COC(=O)c1ccc(C2C(=C(O)c3cc(Cl)ccc3O)C(=O)C(=O)N2CCCN2CCOCC2)cc1. The monoisotopic (exact) mass is 514 g/mol. The fraction of sp³-hybridized carbons (Fsp3) is 0.346. The lowest BCUT2D eigenvalue weighted by Crippen LogP contribution is -2.39. The molecule has 1 unspecified atom stereocenters. The number of amides is 1. The average molecular weight is 515 g/mol. The van der Waals surface area contributed by atoms with Crippen molar-refractivity contribution in [3.63, 3.8) is 0 Å². The fourth-order valence-electron chi connectivity index (χ4n) is 4.51. The molecule has 2 aliphatic rings. The number of rotatable bonds is 7. The minimum atomic E-state index is -0.917. The zero-order valence-electron chi connectivity index (χ0n) is 19.8. The molecule has 4 rings (SSSR count). The van der Waals surface area contributed by atoms with E-state index < -0.39 is 29.5 Å². The summed E-state index contributed by atoms with van der Waals surface area (Å²) < 4.78 is 10.1. The molecule has 190 valence electrons. The van der Waals surface area contributed by atoms with Crippen LogP contribution in [0.1, 0.15) is 33.9 Å². The summed E-state index contributed by atoms with van der Waals surface area (Å²) in [7, 11) is 1.27. The number of likely N-dealkylation sites (tertiary alicyclic amines) is 1. The number of aliphatic hydroxyl groups excluding tert-OH is 1. The first-order chi connectivity index (χ1) is 17.3. The maximum absolute atomic E-state index is 13.2. The molecule has 36 heavy (non-hydrogen) atoms. The quantitative estimate of drug-likeness (QED) is 0.251. The maximum atomic E-state index is 13.2. The number of phenolic OH excluding ortho intramolecular Hbond substituents is 1. The van der Waals surface area contributed by atoms with Crippen LogP contribution >= 0.6 is 11.6 Å². The maximum Gasteiger partial charge on any atom is 0.337 e. The Kier molecular flexibility index (Phi) is 7.93. The Morgan fingerprint density at radius 1 is 1.11 bits per heavy atom. The molecule has 0 saturated carbocycles. The van der Waals surface area contributed by atoms with Crippen molar-refractivity contribution in [2.24, 2.45) is 0 Å². The number of hydrogen-bond donors (Lipinski definition) is 2. The van der Waals surface area contributed by atoms with Crippen LogP contribution in [0.5, 0.6) is 5.75 Å². The van der Waals surface area contributed by atoms with Crippen LogP contribution in [0.25, 0.3) is 5.76 Å². The minimum Gasteiger partial charge on any atom is -0.507 e. The molecule has 2 saturated heterocycles. The first kappa shape index (κ1) is 25.7. The van der Waals surface area contributed by atoms with Crippen LogP contribution in [0, 0.1) is 0 Å². The van der Waals surface area contributed by atoms with Gasteiger partial charge in [-0.15, -0.1) is 0 Å². The number of halogens is 1. The molecule has 1 atom stereocenters. The number of carbonyl (C=O) groups excluding carboxylic acids is 3. The number of Topliss-reactive ketones (excluding diaryl/α,β-unsaturated/α-hetero) is 1. The fourth-order valence-corrected chi connectivity index (χ4v) is 4.68. The Balaban J connectivity index is 1.72. The van der Waals surface area contributed by atoms with Gasteiger partial charge in [-0.05, 0) is 42.3 Å². The van der Waals surface area contributed by atoms with Gasteiger partial charge in [-0.3, -0.25) is 14.5 Å². The number of aromatic hydroxyl groups is 1. The second kappa shape index (κ2) is 11.1. The zero-order valence-corrected chi connectivity index (χ0v) is 20.5. The number of hydrogen-bond acceptors (Lipinski definition) is 8. The molecule has 0 aliphatic carbocycles. The molecule has 0 spiro atoms. The molecule has 2 heterocycles. The molecular weight excluding hydrogens is 488 g/mol. The summed E-state index contributed by atoms with van der Waals surface area (Å²) in [5.74, 6) is -2.94. The number of ketones is 1. The third-order valence-electron chi connectivity index (χ3n) is 6.38. The Morgan fingerprint density at radius 3 is 2.47 bits per heavy atom. The average Bonchev–Trinajstić information content (AvgIpc) is 3.15. The van der Waals surface area contributed by atoms with E-state index in [1.54, 1.807) is 12.1 Å². The van der Waals surface area contributed by atoms with Crippen LogP contribution in [0.15, 0.2) is 48.0 Å². The van der Waals surface area contributed by atoms with Gasteiger partial charge in [0, 0.05) is 31.2 Å².